The highest BCUT2D eigenvalue weighted by Crippen LogP contribution is 2.28. The number of piperazine rings is 1. The first kappa shape index (κ1) is 13.9. The number of thiazole rings is 1. The highest BCUT2D eigenvalue weighted by atomic mass is 32.1. The lowest BCUT2D eigenvalue weighted by Crippen LogP contribution is -2.58. The Hall–Kier alpha value is -2.06. The van der Waals surface area contributed by atoms with E-state index in [2.05, 4.69) is 10.3 Å². The first-order valence-electron chi connectivity index (χ1n) is 6.20. The topological polar surface area (TPSA) is 79.4 Å². The van der Waals surface area contributed by atoms with Gasteiger partial charge >= 0.3 is 0 Å². The quantitative estimate of drug-likeness (QED) is 0.847. The van der Waals surface area contributed by atoms with E-state index >= 15 is 0 Å². The molecule has 0 radical (unpaired) electrons. The largest absolute Gasteiger partial charge is 0.316 e. The maximum atomic E-state index is 12.4. The number of amides is 3. The van der Waals surface area contributed by atoms with Crippen LogP contribution >= 0.6 is 22.7 Å². The van der Waals surface area contributed by atoms with Gasteiger partial charge in [0.15, 0.2) is 0 Å². The molecule has 2 aromatic heterocycles. The number of thiophene rings is 1. The number of hydrogen-bond acceptors (Lipinski definition) is 6. The highest BCUT2D eigenvalue weighted by Gasteiger charge is 2.34. The van der Waals surface area contributed by atoms with Crippen LogP contribution in [0.1, 0.15) is 17.4 Å². The average molecular weight is 321 g/mol. The van der Waals surface area contributed by atoms with Gasteiger partial charge < -0.3 is 4.90 Å². The van der Waals surface area contributed by atoms with E-state index < -0.39 is 23.8 Å². The molecule has 1 saturated heterocycles. The van der Waals surface area contributed by atoms with Crippen LogP contribution in [0.5, 0.6) is 0 Å². The molecule has 2 aromatic rings. The van der Waals surface area contributed by atoms with Crippen LogP contribution in [-0.4, -0.2) is 40.2 Å². The van der Waals surface area contributed by atoms with Crippen LogP contribution in [0.3, 0.4) is 0 Å². The van der Waals surface area contributed by atoms with Gasteiger partial charge in [0.2, 0.25) is 11.8 Å². The zero-order chi connectivity index (χ0) is 15.0. The molecule has 0 bridgehead atoms. The number of nitrogens with zero attached hydrogens (tertiary/aromatic N) is 2. The third kappa shape index (κ3) is 2.59. The molecule has 1 N–H and O–H groups in total. The van der Waals surface area contributed by atoms with Crippen molar-refractivity contribution in [2.75, 3.05) is 6.54 Å². The summed E-state index contributed by atoms with van der Waals surface area (Å²) in [4.78, 5) is 42.0. The van der Waals surface area contributed by atoms with Crippen LogP contribution in [0, 0.1) is 0 Å². The Morgan fingerprint density at radius 3 is 2.95 bits per heavy atom. The number of carbonyl (C=O) groups excluding carboxylic acids is 3. The normalized spacial score (nSPS) is 18.7. The monoisotopic (exact) mass is 321 g/mol. The van der Waals surface area contributed by atoms with Gasteiger partial charge in [-0.2, -0.15) is 0 Å². The SMILES string of the molecule is CC1C(=O)NC(=O)CN1C(=O)c1csc(-c2cccs2)n1. The molecule has 0 aliphatic carbocycles. The summed E-state index contributed by atoms with van der Waals surface area (Å²) in [6, 6.07) is 3.17. The Balaban J connectivity index is 1.85. The van der Waals surface area contributed by atoms with Crippen molar-refractivity contribution < 1.29 is 14.4 Å². The molecule has 1 fully saturated rings. The van der Waals surface area contributed by atoms with E-state index in [1.54, 1.807) is 23.6 Å². The summed E-state index contributed by atoms with van der Waals surface area (Å²) in [6.45, 7) is 1.46. The zero-order valence-corrected chi connectivity index (χ0v) is 12.7. The Kier molecular flexibility index (Phi) is 3.56. The summed E-state index contributed by atoms with van der Waals surface area (Å²) in [5.41, 5.74) is 0.262. The van der Waals surface area contributed by atoms with E-state index in [9.17, 15) is 14.4 Å². The maximum absolute atomic E-state index is 12.4. The molecule has 3 amide bonds. The molecule has 21 heavy (non-hydrogen) atoms. The molecular weight excluding hydrogens is 310 g/mol. The minimum atomic E-state index is -0.679. The van der Waals surface area contributed by atoms with Crippen molar-refractivity contribution in [1.82, 2.24) is 15.2 Å². The molecule has 1 aliphatic rings. The van der Waals surface area contributed by atoms with Gasteiger partial charge in [0.1, 0.15) is 23.3 Å². The van der Waals surface area contributed by atoms with Crippen LogP contribution in [-0.2, 0) is 9.59 Å². The summed E-state index contributed by atoms with van der Waals surface area (Å²) < 4.78 is 0. The number of carbonyl (C=O) groups is 3. The fourth-order valence-corrected chi connectivity index (χ4v) is 3.60. The Bertz CT molecular complexity index is 708. The lowest BCUT2D eigenvalue weighted by molar-refractivity contribution is -0.138. The van der Waals surface area contributed by atoms with Crippen molar-refractivity contribution >= 4 is 40.4 Å². The molecule has 0 saturated carbocycles. The number of imide groups is 1. The van der Waals surface area contributed by atoms with Crippen LogP contribution in [0.2, 0.25) is 0 Å². The molecule has 0 aromatic carbocycles. The number of hydrogen-bond donors (Lipinski definition) is 1. The van der Waals surface area contributed by atoms with Crippen molar-refractivity contribution in [3.05, 3.63) is 28.6 Å². The van der Waals surface area contributed by atoms with Gasteiger partial charge in [0, 0.05) is 5.38 Å². The Morgan fingerprint density at radius 1 is 1.43 bits per heavy atom. The minimum Gasteiger partial charge on any atom is -0.316 e. The zero-order valence-electron chi connectivity index (χ0n) is 11.0. The van der Waals surface area contributed by atoms with Crippen molar-refractivity contribution in [2.24, 2.45) is 0 Å². The maximum Gasteiger partial charge on any atom is 0.274 e. The summed E-state index contributed by atoms with van der Waals surface area (Å²) in [5, 5.41) is 6.56. The van der Waals surface area contributed by atoms with E-state index in [1.165, 1.54) is 16.2 Å². The molecule has 8 heteroatoms. The lowest BCUT2D eigenvalue weighted by atomic mass is 10.2. The first-order valence-corrected chi connectivity index (χ1v) is 7.96. The summed E-state index contributed by atoms with van der Waals surface area (Å²) in [7, 11) is 0. The molecule has 1 atom stereocenters. The van der Waals surface area contributed by atoms with Crippen molar-refractivity contribution in [2.45, 2.75) is 13.0 Å². The predicted molar refractivity (Wildman–Crippen MR) is 79.1 cm³/mol. The van der Waals surface area contributed by atoms with Gasteiger partial charge in [-0.1, -0.05) is 6.07 Å². The van der Waals surface area contributed by atoms with E-state index in [0.29, 0.717) is 0 Å². The van der Waals surface area contributed by atoms with E-state index in [0.717, 1.165) is 9.88 Å². The molecule has 3 heterocycles. The molecular formula is C13H11N3O3S2. The van der Waals surface area contributed by atoms with Gasteiger partial charge in [0.25, 0.3) is 5.91 Å². The standard InChI is InChI=1S/C13H11N3O3S2/c1-7-11(18)15-10(17)5-16(7)13(19)8-6-21-12(14-8)9-3-2-4-20-9/h2-4,6-7H,5H2,1H3,(H,15,17,18). The predicted octanol–water partition coefficient (Wildman–Crippen LogP) is 1.36. The molecule has 0 spiro atoms. The summed E-state index contributed by atoms with van der Waals surface area (Å²) in [5.74, 6) is -1.33. The third-order valence-electron chi connectivity index (χ3n) is 3.14. The Labute approximate surface area is 128 Å². The van der Waals surface area contributed by atoms with E-state index in [1.807, 2.05) is 17.5 Å². The van der Waals surface area contributed by atoms with Gasteiger partial charge in [-0.3, -0.25) is 19.7 Å². The number of rotatable bonds is 2. The second-order valence-corrected chi connectivity index (χ2v) is 6.34. The third-order valence-corrected chi connectivity index (χ3v) is 5.02. The van der Waals surface area contributed by atoms with Crippen molar-refractivity contribution in [1.29, 1.82) is 0 Å². The van der Waals surface area contributed by atoms with Gasteiger partial charge in [-0.05, 0) is 18.4 Å². The fourth-order valence-electron chi connectivity index (χ4n) is 1.99. The second kappa shape index (κ2) is 5.38. The second-order valence-electron chi connectivity index (χ2n) is 4.54. The van der Waals surface area contributed by atoms with Crippen LogP contribution in [0.15, 0.2) is 22.9 Å². The minimum absolute atomic E-state index is 0.127. The first-order chi connectivity index (χ1) is 10.1. The molecule has 1 unspecified atom stereocenters. The van der Waals surface area contributed by atoms with Gasteiger partial charge in [-0.25, -0.2) is 4.98 Å². The number of aromatic nitrogens is 1. The van der Waals surface area contributed by atoms with Crippen molar-refractivity contribution in [3.8, 4) is 9.88 Å². The Morgan fingerprint density at radius 2 is 2.24 bits per heavy atom. The highest BCUT2D eigenvalue weighted by molar-refractivity contribution is 7.20. The summed E-state index contributed by atoms with van der Waals surface area (Å²) in [6.07, 6.45) is 0. The number of nitrogens with one attached hydrogen (secondary N) is 1. The molecule has 1 aliphatic heterocycles. The molecule has 3 rings (SSSR count). The van der Waals surface area contributed by atoms with E-state index in [4.69, 9.17) is 0 Å². The van der Waals surface area contributed by atoms with Crippen LogP contribution in [0.25, 0.3) is 9.88 Å². The van der Waals surface area contributed by atoms with E-state index in [-0.39, 0.29) is 12.2 Å². The van der Waals surface area contributed by atoms with Crippen LogP contribution < -0.4 is 5.32 Å². The van der Waals surface area contributed by atoms with Gasteiger partial charge in [-0.15, -0.1) is 22.7 Å². The smallest absolute Gasteiger partial charge is 0.274 e. The average Bonchev–Trinajstić information content (AvgIpc) is 3.11. The molecule has 6 nitrogen and oxygen atoms in total. The van der Waals surface area contributed by atoms with Crippen molar-refractivity contribution in [3.63, 3.8) is 0 Å². The summed E-state index contributed by atoms with van der Waals surface area (Å²) >= 11 is 2.91. The fraction of sp³-hybridized carbons (Fsp3) is 0.231. The van der Waals surface area contributed by atoms with Crippen LogP contribution in [0.4, 0.5) is 0 Å². The lowest BCUT2D eigenvalue weighted by Gasteiger charge is -2.31. The molecule has 108 valence electrons. The van der Waals surface area contributed by atoms with Gasteiger partial charge in [0.05, 0.1) is 4.88 Å².